The van der Waals surface area contributed by atoms with E-state index in [4.69, 9.17) is 5.26 Å². The van der Waals surface area contributed by atoms with Crippen molar-refractivity contribution in [1.29, 1.82) is 5.26 Å². The molecular formula is C7H6ClNZn. The molecule has 0 aliphatic rings. The Labute approximate surface area is 74.1 Å². The average molecular weight is 205 g/mol. The van der Waals surface area contributed by atoms with Crippen molar-refractivity contribution in [1.82, 2.24) is 0 Å². The van der Waals surface area contributed by atoms with E-state index < -0.39 is 17.1 Å². The minimum absolute atomic E-state index is 0. The van der Waals surface area contributed by atoms with Crippen LogP contribution in [0.2, 0.25) is 0 Å². The summed E-state index contributed by atoms with van der Waals surface area (Å²) in [6, 6.07) is 10.0. The van der Waals surface area contributed by atoms with Crippen LogP contribution >= 0.6 is 12.4 Å². The van der Waals surface area contributed by atoms with Gasteiger partial charge in [-0.1, -0.05) is 0 Å². The van der Waals surface area contributed by atoms with E-state index in [-0.39, 0.29) is 12.4 Å². The Hall–Kier alpha value is -0.377. The maximum atomic E-state index is 8.35. The third kappa shape index (κ3) is 2.96. The molecule has 0 saturated heterocycles. The third-order valence-electron chi connectivity index (χ3n) is 1.13. The van der Waals surface area contributed by atoms with Crippen molar-refractivity contribution in [2.24, 2.45) is 0 Å². The Bertz CT molecular complexity index is 217. The van der Waals surface area contributed by atoms with E-state index in [1.54, 1.807) is 0 Å². The molecule has 1 aromatic rings. The molecule has 0 spiro atoms. The zero-order chi connectivity index (χ0) is 6.53. The molecule has 0 unspecified atom stereocenters. The van der Waals surface area contributed by atoms with E-state index in [2.05, 4.69) is 4.66 Å². The fourth-order valence-corrected chi connectivity index (χ4v) is 2.14. The van der Waals surface area contributed by atoms with Gasteiger partial charge in [-0.3, -0.25) is 0 Å². The third-order valence-corrected chi connectivity index (χ3v) is 3.30. The molecule has 1 aromatic carbocycles. The summed E-state index contributed by atoms with van der Waals surface area (Å²) < 4.78 is 3.54. The topological polar surface area (TPSA) is 23.8 Å². The van der Waals surface area contributed by atoms with E-state index in [0.29, 0.717) is 0 Å². The van der Waals surface area contributed by atoms with Crippen LogP contribution < -0.4 is 4.16 Å². The van der Waals surface area contributed by atoms with E-state index in [1.165, 1.54) is 4.16 Å². The summed E-state index contributed by atoms with van der Waals surface area (Å²) in [7, 11) is 0. The molecule has 1 nitrogen and oxygen atoms in total. The van der Waals surface area contributed by atoms with Crippen molar-refractivity contribution >= 4 is 16.6 Å². The molecule has 0 saturated carbocycles. The number of benzene rings is 1. The van der Waals surface area contributed by atoms with Gasteiger partial charge in [-0.2, -0.15) is 0 Å². The second-order valence-electron chi connectivity index (χ2n) is 1.82. The SMILES string of the molecule is Cl.N#[C][Zn][c]1ccccc1. The molecule has 1 rings (SSSR count). The first-order valence-corrected chi connectivity index (χ1v) is 5.81. The van der Waals surface area contributed by atoms with E-state index >= 15 is 0 Å². The van der Waals surface area contributed by atoms with Crippen molar-refractivity contribution in [3.05, 3.63) is 30.3 Å². The van der Waals surface area contributed by atoms with Crippen LogP contribution in [0.25, 0.3) is 0 Å². The minimum atomic E-state index is -0.984. The molecule has 0 bridgehead atoms. The quantitative estimate of drug-likeness (QED) is 0.633. The molecule has 0 atom stereocenters. The summed E-state index contributed by atoms with van der Waals surface area (Å²) in [5.41, 5.74) is 0. The predicted octanol–water partition coefficient (Wildman–Crippen LogP) is 1.30. The van der Waals surface area contributed by atoms with E-state index in [9.17, 15) is 0 Å². The zero-order valence-electron chi connectivity index (χ0n) is 5.45. The van der Waals surface area contributed by atoms with Gasteiger partial charge in [0.15, 0.2) is 0 Å². The summed E-state index contributed by atoms with van der Waals surface area (Å²) in [4.78, 5) is 0. The molecule has 0 heterocycles. The standard InChI is InChI=1S/C6H5.CN.ClH.Zn/c1-2-4-6-5-3-1;1-2;;/h1-5H;;1H;. The molecule has 0 fully saturated rings. The monoisotopic (exact) mass is 203 g/mol. The number of halogens is 1. The molecule has 0 amide bonds. The summed E-state index contributed by atoms with van der Waals surface area (Å²) >= 11 is -0.984. The van der Waals surface area contributed by atoms with Gasteiger partial charge in [-0.05, 0) is 0 Å². The fraction of sp³-hybridized carbons (Fsp3) is 0. The molecule has 48 valence electrons. The first-order chi connectivity index (χ1) is 4.43. The normalized spacial score (nSPS) is 6.70. The number of hydrogen-bond donors (Lipinski definition) is 0. The van der Waals surface area contributed by atoms with E-state index in [0.717, 1.165) is 0 Å². The average Bonchev–Trinajstić information content (AvgIpc) is 1.91. The number of hydrogen-bond acceptors (Lipinski definition) is 1. The fourth-order valence-electron chi connectivity index (χ4n) is 0.687. The van der Waals surface area contributed by atoms with Crippen molar-refractivity contribution < 1.29 is 17.1 Å². The van der Waals surface area contributed by atoms with Crippen LogP contribution in [0.15, 0.2) is 30.3 Å². The van der Waals surface area contributed by atoms with Gasteiger partial charge >= 0.3 is 61.5 Å². The van der Waals surface area contributed by atoms with Crippen LogP contribution in [-0.4, -0.2) is 0 Å². The van der Waals surface area contributed by atoms with Gasteiger partial charge in [-0.15, -0.1) is 12.4 Å². The van der Waals surface area contributed by atoms with Crippen LogP contribution in [-0.2, 0) is 17.1 Å². The van der Waals surface area contributed by atoms with E-state index in [1.807, 2.05) is 30.3 Å². The molecule has 10 heavy (non-hydrogen) atoms. The van der Waals surface area contributed by atoms with Gasteiger partial charge in [0.25, 0.3) is 0 Å². The Kier molecular flexibility index (Phi) is 5.21. The van der Waals surface area contributed by atoms with Gasteiger partial charge in [-0.25, -0.2) is 0 Å². The zero-order valence-corrected chi connectivity index (χ0v) is 9.23. The van der Waals surface area contributed by atoms with Crippen LogP contribution in [0, 0.1) is 9.93 Å². The van der Waals surface area contributed by atoms with Crippen LogP contribution in [0.5, 0.6) is 0 Å². The Balaban J connectivity index is 0.000000810. The number of nitrogens with zero attached hydrogens (tertiary/aromatic N) is 1. The molecule has 0 radical (unpaired) electrons. The second-order valence-corrected chi connectivity index (χ2v) is 4.94. The molecule has 0 aliphatic carbocycles. The van der Waals surface area contributed by atoms with Gasteiger partial charge < -0.3 is 0 Å². The van der Waals surface area contributed by atoms with Crippen molar-refractivity contribution in [3.63, 3.8) is 0 Å². The van der Waals surface area contributed by atoms with Crippen LogP contribution in [0.4, 0.5) is 0 Å². The first-order valence-electron chi connectivity index (χ1n) is 2.84. The second kappa shape index (κ2) is 5.41. The number of rotatable bonds is 1. The Morgan fingerprint density at radius 1 is 1.20 bits per heavy atom. The van der Waals surface area contributed by atoms with Gasteiger partial charge in [0.2, 0.25) is 0 Å². The van der Waals surface area contributed by atoms with Crippen molar-refractivity contribution in [2.45, 2.75) is 0 Å². The summed E-state index contributed by atoms with van der Waals surface area (Å²) in [5, 5.41) is 8.35. The maximum absolute atomic E-state index is 8.35. The Morgan fingerprint density at radius 2 is 1.80 bits per heavy atom. The predicted molar refractivity (Wildman–Crippen MR) is 38.9 cm³/mol. The van der Waals surface area contributed by atoms with Gasteiger partial charge in [0.05, 0.1) is 0 Å². The molecule has 0 N–H and O–H groups in total. The molecule has 0 aliphatic heterocycles. The van der Waals surface area contributed by atoms with Gasteiger partial charge in [0.1, 0.15) is 0 Å². The summed E-state index contributed by atoms with van der Waals surface area (Å²) in [6.07, 6.45) is 0. The van der Waals surface area contributed by atoms with Gasteiger partial charge in [0, 0.05) is 0 Å². The molecule has 3 heteroatoms. The Morgan fingerprint density at radius 3 is 2.30 bits per heavy atom. The molecular weight excluding hydrogens is 199 g/mol. The first kappa shape index (κ1) is 9.62. The van der Waals surface area contributed by atoms with Crippen LogP contribution in [0.1, 0.15) is 0 Å². The van der Waals surface area contributed by atoms with Crippen molar-refractivity contribution in [3.8, 4) is 4.66 Å². The summed E-state index contributed by atoms with van der Waals surface area (Å²) in [5.74, 6) is 0. The van der Waals surface area contributed by atoms with Crippen molar-refractivity contribution in [2.75, 3.05) is 0 Å². The summed E-state index contributed by atoms with van der Waals surface area (Å²) in [6.45, 7) is 0. The molecule has 0 aromatic heterocycles. The van der Waals surface area contributed by atoms with Crippen LogP contribution in [0.3, 0.4) is 0 Å². The number of nitriles is 1.